The highest BCUT2D eigenvalue weighted by Crippen LogP contribution is 2.44. The SMILES string of the molecule is O=C(ON1C(=O)c2ccccc2C1=O)C1CC(c2ccccc2)CN(C(=O)OCC2c3ccccc3-c3ccccc32)C1. The van der Waals surface area contributed by atoms with Gasteiger partial charge >= 0.3 is 12.1 Å². The zero-order valence-electron chi connectivity index (χ0n) is 23.2. The fourth-order valence-corrected chi connectivity index (χ4v) is 6.49. The summed E-state index contributed by atoms with van der Waals surface area (Å²) in [6.07, 6.45) is -0.139. The highest BCUT2D eigenvalue weighted by atomic mass is 16.7. The van der Waals surface area contributed by atoms with E-state index in [0.29, 0.717) is 18.0 Å². The Bertz CT molecular complexity index is 1670. The smallest absolute Gasteiger partial charge is 0.409 e. The average molecular weight is 573 g/mol. The van der Waals surface area contributed by atoms with Gasteiger partial charge in [-0.2, -0.15) is 0 Å². The summed E-state index contributed by atoms with van der Waals surface area (Å²) in [5, 5.41) is 0.525. The summed E-state index contributed by atoms with van der Waals surface area (Å²) in [4.78, 5) is 59.6. The number of carbonyl (C=O) groups is 4. The van der Waals surface area contributed by atoms with Crippen molar-refractivity contribution in [3.63, 3.8) is 0 Å². The van der Waals surface area contributed by atoms with E-state index in [1.165, 1.54) is 17.0 Å². The van der Waals surface area contributed by atoms with E-state index in [2.05, 4.69) is 24.3 Å². The van der Waals surface area contributed by atoms with E-state index in [1.807, 2.05) is 54.6 Å². The van der Waals surface area contributed by atoms with E-state index in [1.54, 1.807) is 12.1 Å². The van der Waals surface area contributed by atoms with E-state index < -0.39 is 29.8 Å². The summed E-state index contributed by atoms with van der Waals surface area (Å²) in [7, 11) is 0. The molecule has 1 fully saturated rings. The topological polar surface area (TPSA) is 93.2 Å². The zero-order valence-corrected chi connectivity index (χ0v) is 23.2. The van der Waals surface area contributed by atoms with E-state index >= 15 is 0 Å². The minimum Gasteiger partial charge on any atom is -0.448 e. The van der Waals surface area contributed by atoms with Crippen LogP contribution in [0.15, 0.2) is 103 Å². The van der Waals surface area contributed by atoms with E-state index in [4.69, 9.17) is 9.57 Å². The summed E-state index contributed by atoms with van der Waals surface area (Å²) >= 11 is 0. The normalized spacial score (nSPS) is 19.1. The molecular formula is C35H28N2O6. The van der Waals surface area contributed by atoms with Crippen LogP contribution in [0.3, 0.4) is 0 Å². The standard InChI is InChI=1S/C35H28N2O6/c38-32-29-16-8-9-17-30(29)33(39)37(32)43-34(40)24-18-23(22-10-2-1-3-11-22)19-36(20-24)35(41)42-21-31-27-14-6-4-12-25(27)26-13-5-7-15-28(26)31/h1-17,23-24,31H,18-21H2. The Morgan fingerprint density at radius 2 is 1.21 bits per heavy atom. The molecule has 0 spiro atoms. The van der Waals surface area contributed by atoms with Crippen molar-refractivity contribution >= 4 is 23.9 Å². The molecule has 3 aliphatic rings. The van der Waals surface area contributed by atoms with Crippen LogP contribution in [0.4, 0.5) is 4.79 Å². The summed E-state index contributed by atoms with van der Waals surface area (Å²) in [6.45, 7) is 0.559. The van der Waals surface area contributed by atoms with Gasteiger partial charge in [-0.1, -0.05) is 96.1 Å². The first-order valence-electron chi connectivity index (χ1n) is 14.3. The molecule has 2 unspecified atom stereocenters. The molecule has 0 aromatic heterocycles. The van der Waals surface area contributed by atoms with Gasteiger partial charge in [-0.05, 0) is 46.4 Å². The van der Waals surface area contributed by atoms with Crippen LogP contribution in [0.25, 0.3) is 11.1 Å². The summed E-state index contributed by atoms with van der Waals surface area (Å²) in [5.74, 6) is -3.15. The molecule has 43 heavy (non-hydrogen) atoms. The average Bonchev–Trinajstić information content (AvgIpc) is 3.50. The second kappa shape index (κ2) is 10.9. The van der Waals surface area contributed by atoms with Gasteiger partial charge in [0.25, 0.3) is 11.8 Å². The van der Waals surface area contributed by atoms with Crippen LogP contribution in [0.1, 0.15) is 55.7 Å². The highest BCUT2D eigenvalue weighted by molar-refractivity contribution is 6.20. The molecule has 8 heteroatoms. The molecule has 214 valence electrons. The minimum absolute atomic E-state index is 0.0437. The molecule has 2 aliphatic heterocycles. The van der Waals surface area contributed by atoms with Gasteiger partial charge in [-0.15, -0.1) is 0 Å². The van der Waals surface area contributed by atoms with Crippen molar-refractivity contribution in [3.8, 4) is 11.1 Å². The summed E-state index contributed by atoms with van der Waals surface area (Å²) < 4.78 is 5.92. The summed E-state index contributed by atoms with van der Waals surface area (Å²) in [6, 6.07) is 32.2. The second-order valence-corrected chi connectivity index (χ2v) is 11.1. The number of benzene rings is 4. The van der Waals surface area contributed by atoms with Crippen LogP contribution >= 0.6 is 0 Å². The molecule has 2 atom stereocenters. The Kier molecular flexibility index (Phi) is 6.74. The quantitative estimate of drug-likeness (QED) is 0.281. The molecule has 0 bridgehead atoms. The maximum absolute atomic E-state index is 13.6. The number of imide groups is 1. The van der Waals surface area contributed by atoms with E-state index in [-0.39, 0.29) is 36.1 Å². The number of amides is 3. The maximum atomic E-state index is 13.6. The fraction of sp³-hybridized carbons (Fsp3) is 0.200. The zero-order chi connectivity index (χ0) is 29.5. The lowest BCUT2D eigenvalue weighted by Crippen LogP contribution is -2.47. The lowest BCUT2D eigenvalue weighted by Gasteiger charge is -2.36. The molecule has 4 aromatic carbocycles. The molecule has 2 heterocycles. The molecule has 3 amide bonds. The Balaban J connectivity index is 1.09. The molecule has 4 aromatic rings. The first kappa shape index (κ1) is 26.6. The van der Waals surface area contributed by atoms with Gasteiger partial charge in [0.2, 0.25) is 0 Å². The van der Waals surface area contributed by atoms with Gasteiger partial charge in [0.1, 0.15) is 6.61 Å². The van der Waals surface area contributed by atoms with Crippen LogP contribution in [-0.2, 0) is 14.4 Å². The molecule has 1 saturated heterocycles. The molecule has 1 aliphatic carbocycles. The Labute approximate surface area is 248 Å². The van der Waals surface area contributed by atoms with E-state index in [0.717, 1.165) is 27.8 Å². The van der Waals surface area contributed by atoms with Gasteiger partial charge in [0, 0.05) is 24.9 Å². The van der Waals surface area contributed by atoms with Crippen molar-refractivity contribution in [2.75, 3.05) is 19.7 Å². The first-order chi connectivity index (χ1) is 21.0. The molecule has 0 saturated carbocycles. The third-order valence-corrected chi connectivity index (χ3v) is 8.59. The number of rotatable bonds is 5. The Morgan fingerprint density at radius 1 is 0.674 bits per heavy atom. The van der Waals surface area contributed by atoms with Gasteiger partial charge < -0.3 is 14.5 Å². The molecule has 8 nitrogen and oxygen atoms in total. The lowest BCUT2D eigenvalue weighted by molar-refractivity contribution is -0.175. The third-order valence-electron chi connectivity index (χ3n) is 8.59. The van der Waals surface area contributed by atoms with Crippen molar-refractivity contribution in [1.82, 2.24) is 9.96 Å². The number of hydrogen-bond acceptors (Lipinski definition) is 6. The second-order valence-electron chi connectivity index (χ2n) is 11.1. The maximum Gasteiger partial charge on any atom is 0.409 e. The van der Waals surface area contributed by atoms with Crippen LogP contribution in [0, 0.1) is 5.92 Å². The van der Waals surface area contributed by atoms with Crippen molar-refractivity contribution in [2.45, 2.75) is 18.3 Å². The number of nitrogens with zero attached hydrogens (tertiary/aromatic N) is 2. The summed E-state index contributed by atoms with van der Waals surface area (Å²) in [5.41, 5.74) is 5.84. The first-order valence-corrected chi connectivity index (χ1v) is 14.3. The van der Waals surface area contributed by atoms with Gasteiger partial charge in [-0.3, -0.25) is 9.59 Å². The highest BCUT2D eigenvalue weighted by Gasteiger charge is 2.42. The lowest BCUT2D eigenvalue weighted by atomic mass is 9.84. The van der Waals surface area contributed by atoms with Crippen molar-refractivity contribution in [2.24, 2.45) is 5.92 Å². The minimum atomic E-state index is -0.774. The van der Waals surface area contributed by atoms with Crippen molar-refractivity contribution in [1.29, 1.82) is 0 Å². The monoisotopic (exact) mass is 572 g/mol. The number of hydrogen-bond donors (Lipinski definition) is 0. The van der Waals surface area contributed by atoms with Crippen LogP contribution < -0.4 is 0 Å². The number of hydroxylamine groups is 2. The Morgan fingerprint density at radius 3 is 1.81 bits per heavy atom. The van der Waals surface area contributed by atoms with Gasteiger partial charge in [0.15, 0.2) is 0 Å². The number of likely N-dealkylation sites (tertiary alicyclic amines) is 1. The van der Waals surface area contributed by atoms with Crippen molar-refractivity contribution in [3.05, 3.63) is 131 Å². The number of carbonyl (C=O) groups excluding carboxylic acids is 4. The van der Waals surface area contributed by atoms with Gasteiger partial charge in [-0.25, -0.2) is 9.59 Å². The van der Waals surface area contributed by atoms with Crippen LogP contribution in [-0.4, -0.2) is 53.5 Å². The fourth-order valence-electron chi connectivity index (χ4n) is 6.49. The number of ether oxygens (including phenoxy) is 1. The van der Waals surface area contributed by atoms with E-state index in [9.17, 15) is 19.2 Å². The molecular weight excluding hydrogens is 544 g/mol. The predicted octanol–water partition coefficient (Wildman–Crippen LogP) is 5.80. The molecule has 7 rings (SSSR count). The predicted molar refractivity (Wildman–Crippen MR) is 157 cm³/mol. The number of piperidine rings is 1. The van der Waals surface area contributed by atoms with Crippen LogP contribution in [0.5, 0.6) is 0 Å². The number of fused-ring (bicyclic) bond motifs is 4. The molecule has 0 N–H and O–H groups in total. The van der Waals surface area contributed by atoms with Crippen LogP contribution in [0.2, 0.25) is 0 Å². The largest absolute Gasteiger partial charge is 0.448 e. The Hall–Kier alpha value is -5.24. The van der Waals surface area contributed by atoms with Gasteiger partial charge in [0.05, 0.1) is 17.0 Å². The third kappa shape index (κ3) is 4.74. The molecule has 0 radical (unpaired) electrons. The van der Waals surface area contributed by atoms with Crippen molar-refractivity contribution < 1.29 is 28.8 Å².